The molecule has 1 amide bonds. The quantitative estimate of drug-likeness (QED) is 0.725. The molecule has 27 heavy (non-hydrogen) atoms. The van der Waals surface area contributed by atoms with Crippen LogP contribution >= 0.6 is 0 Å². The van der Waals surface area contributed by atoms with E-state index in [1.54, 1.807) is 18.2 Å². The monoisotopic (exact) mass is 389 g/mol. The van der Waals surface area contributed by atoms with Gasteiger partial charge in [0.1, 0.15) is 0 Å². The number of aromatic nitrogens is 2. The van der Waals surface area contributed by atoms with E-state index in [1.807, 2.05) is 0 Å². The van der Waals surface area contributed by atoms with E-state index in [0.29, 0.717) is 5.69 Å². The highest BCUT2D eigenvalue weighted by atomic mass is 32.2. The third kappa shape index (κ3) is 3.98. The van der Waals surface area contributed by atoms with Crippen molar-refractivity contribution >= 4 is 21.4 Å². The van der Waals surface area contributed by atoms with Crippen molar-refractivity contribution in [3.8, 4) is 11.4 Å². The van der Waals surface area contributed by atoms with E-state index in [0.717, 1.165) is 12.3 Å². The van der Waals surface area contributed by atoms with Crippen molar-refractivity contribution in [2.45, 2.75) is 5.16 Å². The van der Waals surface area contributed by atoms with Gasteiger partial charge >= 0.3 is 0 Å². The van der Waals surface area contributed by atoms with Crippen LogP contribution in [0.5, 0.6) is 5.75 Å². The third-order valence-electron chi connectivity index (χ3n) is 3.73. The Bertz CT molecular complexity index is 1110. The van der Waals surface area contributed by atoms with Crippen molar-refractivity contribution in [1.82, 2.24) is 9.55 Å². The van der Waals surface area contributed by atoms with Gasteiger partial charge in [0, 0.05) is 41.7 Å². The van der Waals surface area contributed by atoms with Crippen molar-refractivity contribution in [3.63, 3.8) is 0 Å². The number of nitrogens with one attached hydrogen (secondary N) is 1. The lowest BCUT2D eigenvalue weighted by atomic mass is 10.1. The third-order valence-corrected chi connectivity index (χ3v) is 4.70. The van der Waals surface area contributed by atoms with E-state index in [9.17, 15) is 17.6 Å². The zero-order valence-electron chi connectivity index (χ0n) is 14.5. The molecule has 0 saturated carbocycles. The molecule has 0 aliphatic heterocycles. The number of benzene rings is 2. The number of hydrogen-bond donors (Lipinski definition) is 1. The number of ether oxygens (including phenoxy) is 1. The molecule has 0 spiro atoms. The second-order valence-electron chi connectivity index (χ2n) is 5.71. The molecule has 140 valence electrons. The van der Waals surface area contributed by atoms with Gasteiger partial charge in [-0.25, -0.2) is 17.8 Å². The second-order valence-corrected chi connectivity index (χ2v) is 7.62. The van der Waals surface area contributed by atoms with Gasteiger partial charge in [-0.1, -0.05) is 6.07 Å². The zero-order chi connectivity index (χ0) is 19.6. The molecule has 1 N–H and O–H groups in total. The Kier molecular flexibility index (Phi) is 4.95. The Balaban J connectivity index is 1.89. The summed E-state index contributed by atoms with van der Waals surface area (Å²) in [5.41, 5.74) is 1.00. The van der Waals surface area contributed by atoms with E-state index in [-0.39, 0.29) is 22.2 Å². The number of methoxy groups -OCH3 is 1. The summed E-state index contributed by atoms with van der Waals surface area (Å²) in [4.78, 5) is 16.3. The van der Waals surface area contributed by atoms with Crippen LogP contribution in [-0.4, -0.2) is 37.2 Å². The van der Waals surface area contributed by atoms with Gasteiger partial charge in [0.05, 0.1) is 7.11 Å². The fourth-order valence-electron chi connectivity index (χ4n) is 2.51. The molecule has 0 unspecified atom stereocenters. The number of carbonyl (C=O) groups is 1. The van der Waals surface area contributed by atoms with E-state index >= 15 is 0 Å². The highest BCUT2D eigenvalue weighted by molar-refractivity contribution is 7.90. The van der Waals surface area contributed by atoms with Crippen LogP contribution in [0.3, 0.4) is 0 Å². The molecule has 3 rings (SSSR count). The minimum absolute atomic E-state index is 0.0726. The molecule has 0 fully saturated rings. The molecule has 2 aromatic carbocycles. The second kappa shape index (κ2) is 7.20. The summed E-state index contributed by atoms with van der Waals surface area (Å²) >= 11 is 0. The minimum Gasteiger partial charge on any atom is -0.494 e. The maximum absolute atomic E-state index is 13.8. The van der Waals surface area contributed by atoms with Crippen LogP contribution in [-0.2, 0) is 9.84 Å². The first-order valence-corrected chi connectivity index (χ1v) is 9.67. The Morgan fingerprint density at radius 2 is 2.00 bits per heavy atom. The lowest BCUT2D eigenvalue weighted by Crippen LogP contribution is -2.13. The molecule has 0 bridgehead atoms. The Labute approximate surface area is 155 Å². The van der Waals surface area contributed by atoms with Gasteiger partial charge in [-0.05, 0) is 30.3 Å². The minimum atomic E-state index is -3.53. The lowest BCUT2D eigenvalue weighted by Gasteiger charge is -2.10. The van der Waals surface area contributed by atoms with Crippen LogP contribution in [0.4, 0.5) is 10.1 Å². The maximum atomic E-state index is 13.8. The number of sulfone groups is 1. The summed E-state index contributed by atoms with van der Waals surface area (Å²) < 4.78 is 43.6. The highest BCUT2D eigenvalue weighted by Gasteiger charge is 2.17. The van der Waals surface area contributed by atoms with Gasteiger partial charge in [0.15, 0.2) is 11.6 Å². The predicted molar refractivity (Wildman–Crippen MR) is 97.6 cm³/mol. The van der Waals surface area contributed by atoms with Crippen LogP contribution in [0.25, 0.3) is 5.69 Å². The van der Waals surface area contributed by atoms with Gasteiger partial charge in [-0.2, -0.15) is 0 Å². The van der Waals surface area contributed by atoms with Crippen molar-refractivity contribution in [2.24, 2.45) is 0 Å². The molecule has 1 aromatic heterocycles. The summed E-state index contributed by atoms with van der Waals surface area (Å²) in [5.74, 6) is -0.994. The summed E-state index contributed by atoms with van der Waals surface area (Å²) in [5, 5.41) is 2.46. The summed E-state index contributed by atoms with van der Waals surface area (Å²) in [6.45, 7) is 0. The summed E-state index contributed by atoms with van der Waals surface area (Å²) in [7, 11) is -2.18. The first-order chi connectivity index (χ1) is 12.8. The molecular formula is C18H16FN3O4S. The predicted octanol–water partition coefficient (Wildman–Crippen LogP) is 2.68. The first-order valence-electron chi connectivity index (χ1n) is 7.78. The van der Waals surface area contributed by atoms with E-state index < -0.39 is 21.6 Å². The summed E-state index contributed by atoms with van der Waals surface area (Å²) in [6, 6.07) is 10.4. The Morgan fingerprint density at radius 3 is 2.67 bits per heavy atom. The van der Waals surface area contributed by atoms with Crippen molar-refractivity contribution in [1.29, 1.82) is 0 Å². The highest BCUT2D eigenvalue weighted by Crippen LogP contribution is 2.22. The molecule has 7 nitrogen and oxygen atoms in total. The number of imidazole rings is 1. The molecule has 3 aromatic rings. The molecular weight excluding hydrogens is 373 g/mol. The molecule has 0 radical (unpaired) electrons. The number of halogens is 1. The molecule has 0 atom stereocenters. The van der Waals surface area contributed by atoms with Gasteiger partial charge in [-0.15, -0.1) is 0 Å². The van der Waals surface area contributed by atoms with Crippen LogP contribution in [0.2, 0.25) is 0 Å². The SMILES string of the molecule is COc1ccc(NC(=O)c2cccc(-n3ccnc3S(C)(=O)=O)c2)cc1F. The van der Waals surface area contributed by atoms with Crippen LogP contribution < -0.4 is 10.1 Å². The zero-order valence-corrected chi connectivity index (χ0v) is 15.3. The molecule has 1 heterocycles. The topological polar surface area (TPSA) is 90.3 Å². The molecule has 0 aliphatic carbocycles. The molecule has 0 saturated heterocycles. The van der Waals surface area contributed by atoms with Crippen molar-refractivity contribution in [2.75, 3.05) is 18.7 Å². The van der Waals surface area contributed by atoms with Crippen LogP contribution in [0.15, 0.2) is 60.0 Å². The largest absolute Gasteiger partial charge is 0.494 e. The fraction of sp³-hybridized carbons (Fsp3) is 0.111. The van der Waals surface area contributed by atoms with Crippen LogP contribution in [0.1, 0.15) is 10.4 Å². The van der Waals surface area contributed by atoms with E-state index in [2.05, 4.69) is 10.3 Å². The number of nitrogens with zero attached hydrogens (tertiary/aromatic N) is 2. The van der Waals surface area contributed by atoms with E-state index in [4.69, 9.17) is 4.74 Å². The first kappa shape index (κ1) is 18.6. The number of carbonyl (C=O) groups excluding carboxylic acids is 1. The van der Waals surface area contributed by atoms with Gasteiger partial charge in [-0.3, -0.25) is 9.36 Å². The van der Waals surface area contributed by atoms with Crippen molar-refractivity contribution < 1.29 is 22.3 Å². The van der Waals surface area contributed by atoms with Gasteiger partial charge in [0.2, 0.25) is 15.0 Å². The fourth-order valence-corrected chi connectivity index (χ4v) is 3.28. The number of amides is 1. The number of anilines is 1. The van der Waals surface area contributed by atoms with Crippen LogP contribution in [0, 0.1) is 5.82 Å². The lowest BCUT2D eigenvalue weighted by molar-refractivity contribution is 0.102. The summed E-state index contributed by atoms with van der Waals surface area (Å²) in [6.07, 6.45) is 3.91. The maximum Gasteiger partial charge on any atom is 0.255 e. The van der Waals surface area contributed by atoms with Crippen molar-refractivity contribution in [3.05, 3.63) is 66.2 Å². The average Bonchev–Trinajstić information content (AvgIpc) is 3.12. The average molecular weight is 389 g/mol. The molecule has 0 aliphatic rings. The number of hydrogen-bond acceptors (Lipinski definition) is 5. The van der Waals surface area contributed by atoms with E-state index in [1.165, 1.54) is 42.3 Å². The smallest absolute Gasteiger partial charge is 0.255 e. The van der Waals surface area contributed by atoms with Gasteiger partial charge in [0.25, 0.3) is 5.91 Å². The Hall–Kier alpha value is -3.20. The van der Waals surface area contributed by atoms with Gasteiger partial charge < -0.3 is 10.1 Å². The standard InChI is InChI=1S/C18H16FN3O4S/c1-26-16-7-6-13(11-15(16)19)21-17(23)12-4-3-5-14(10-12)22-9-8-20-18(22)27(2,24)25/h3-11H,1-2H3,(H,21,23). The molecule has 9 heteroatoms. The number of rotatable bonds is 5. The Morgan fingerprint density at radius 1 is 1.22 bits per heavy atom. The normalized spacial score (nSPS) is 11.2.